The van der Waals surface area contributed by atoms with Gasteiger partial charge in [-0.3, -0.25) is 9.36 Å². The first-order valence-electron chi connectivity index (χ1n) is 7.43. The van der Waals surface area contributed by atoms with Gasteiger partial charge < -0.3 is 11.1 Å². The first kappa shape index (κ1) is 15.0. The predicted molar refractivity (Wildman–Crippen MR) is 88.1 cm³/mol. The van der Waals surface area contributed by atoms with Crippen LogP contribution >= 0.6 is 0 Å². The van der Waals surface area contributed by atoms with Crippen LogP contribution in [0.4, 0.5) is 5.95 Å². The van der Waals surface area contributed by atoms with E-state index in [-0.39, 0.29) is 11.9 Å². The summed E-state index contributed by atoms with van der Waals surface area (Å²) in [6.07, 6.45) is 5.13. The van der Waals surface area contributed by atoms with E-state index < -0.39 is 0 Å². The minimum Gasteiger partial charge on any atom is -0.368 e. The monoisotopic (exact) mass is 310 g/mol. The molecule has 0 radical (unpaired) electrons. The van der Waals surface area contributed by atoms with Crippen LogP contribution in [0.2, 0.25) is 0 Å². The number of carbonyl (C=O) groups is 1. The molecule has 0 aliphatic rings. The Morgan fingerprint density at radius 3 is 2.96 bits per heavy atom. The van der Waals surface area contributed by atoms with E-state index in [0.29, 0.717) is 12.4 Å². The second-order valence-electron chi connectivity index (χ2n) is 5.30. The van der Waals surface area contributed by atoms with Gasteiger partial charge in [-0.2, -0.15) is 4.98 Å². The predicted octanol–water partition coefficient (Wildman–Crippen LogP) is 1.47. The van der Waals surface area contributed by atoms with Gasteiger partial charge in [-0.25, -0.2) is 9.97 Å². The Balaban J connectivity index is 1.84. The first-order valence-corrected chi connectivity index (χ1v) is 7.43. The second-order valence-corrected chi connectivity index (χ2v) is 5.30. The lowest BCUT2D eigenvalue weighted by atomic mass is 10.1. The van der Waals surface area contributed by atoms with Crippen LogP contribution in [-0.2, 0) is 11.2 Å². The molecule has 23 heavy (non-hydrogen) atoms. The van der Waals surface area contributed by atoms with E-state index in [4.69, 9.17) is 5.73 Å². The highest BCUT2D eigenvalue weighted by Crippen LogP contribution is 2.19. The fourth-order valence-electron chi connectivity index (χ4n) is 2.45. The van der Waals surface area contributed by atoms with Gasteiger partial charge in [0.15, 0.2) is 0 Å². The molecule has 3 N–H and O–H groups in total. The summed E-state index contributed by atoms with van der Waals surface area (Å²) < 4.78 is 1.89. The molecule has 1 amide bonds. The summed E-state index contributed by atoms with van der Waals surface area (Å²) in [5, 5.41) is 2.80. The summed E-state index contributed by atoms with van der Waals surface area (Å²) >= 11 is 0. The topological polar surface area (TPSA) is 98.7 Å². The number of benzene rings is 1. The average Bonchev–Trinajstić information content (AvgIpc) is 2.94. The number of hydrogen-bond donors (Lipinski definition) is 2. The molecule has 0 bridgehead atoms. The van der Waals surface area contributed by atoms with Crippen LogP contribution in [0, 0.1) is 0 Å². The van der Waals surface area contributed by atoms with Crippen LogP contribution < -0.4 is 11.1 Å². The Bertz CT molecular complexity index is 841. The molecular weight excluding hydrogens is 292 g/mol. The quantitative estimate of drug-likeness (QED) is 0.695. The molecule has 0 saturated carbocycles. The summed E-state index contributed by atoms with van der Waals surface area (Å²) in [6.45, 7) is 2.20. The van der Waals surface area contributed by atoms with Crippen molar-refractivity contribution < 1.29 is 4.79 Å². The molecule has 0 saturated heterocycles. The molecule has 7 heteroatoms. The molecule has 0 spiro atoms. The molecular formula is C16H18N6O. The highest BCUT2D eigenvalue weighted by molar-refractivity contribution is 5.77. The molecule has 118 valence electrons. The Morgan fingerprint density at radius 1 is 1.30 bits per heavy atom. The number of anilines is 1. The molecule has 1 aromatic carbocycles. The van der Waals surface area contributed by atoms with Crippen LogP contribution in [0.25, 0.3) is 16.9 Å². The summed E-state index contributed by atoms with van der Waals surface area (Å²) in [4.78, 5) is 23.4. The van der Waals surface area contributed by atoms with Crippen molar-refractivity contribution in [3.63, 3.8) is 0 Å². The summed E-state index contributed by atoms with van der Waals surface area (Å²) in [5.74, 6) is 0.922. The molecule has 7 nitrogen and oxygen atoms in total. The largest absolute Gasteiger partial charge is 0.368 e. The summed E-state index contributed by atoms with van der Waals surface area (Å²) in [5.41, 5.74) is 8.71. The number of fused-ring (bicyclic) bond motifs is 1. The van der Waals surface area contributed by atoms with Crippen molar-refractivity contribution in [3.8, 4) is 5.82 Å². The second kappa shape index (κ2) is 6.43. The van der Waals surface area contributed by atoms with Gasteiger partial charge in [-0.1, -0.05) is 6.07 Å². The number of nitrogen functional groups attached to an aromatic ring is 1. The van der Waals surface area contributed by atoms with E-state index in [9.17, 15) is 4.79 Å². The van der Waals surface area contributed by atoms with Crippen molar-refractivity contribution in [2.24, 2.45) is 0 Å². The van der Waals surface area contributed by atoms with Gasteiger partial charge in [-0.15, -0.1) is 0 Å². The van der Waals surface area contributed by atoms with Gasteiger partial charge in [-0.05, 0) is 36.6 Å². The van der Waals surface area contributed by atoms with E-state index in [1.807, 2.05) is 10.6 Å². The number of nitrogens with two attached hydrogens (primary N) is 1. The highest BCUT2D eigenvalue weighted by Gasteiger charge is 2.07. The van der Waals surface area contributed by atoms with Crippen LogP contribution in [0.5, 0.6) is 0 Å². The Labute approximate surface area is 133 Å². The zero-order valence-corrected chi connectivity index (χ0v) is 12.9. The van der Waals surface area contributed by atoms with Crippen LogP contribution in [-0.4, -0.2) is 32.0 Å². The van der Waals surface area contributed by atoms with E-state index in [1.54, 1.807) is 18.6 Å². The number of nitrogens with one attached hydrogen (secondary N) is 1. The van der Waals surface area contributed by atoms with Crippen LogP contribution in [0.1, 0.15) is 18.9 Å². The minimum absolute atomic E-state index is 0.000112. The van der Waals surface area contributed by atoms with Gasteiger partial charge in [0, 0.05) is 19.7 Å². The maximum atomic E-state index is 10.9. The van der Waals surface area contributed by atoms with E-state index in [2.05, 4.69) is 32.4 Å². The van der Waals surface area contributed by atoms with E-state index >= 15 is 0 Å². The van der Waals surface area contributed by atoms with Crippen molar-refractivity contribution in [1.82, 2.24) is 24.8 Å². The maximum Gasteiger partial charge on any atom is 0.221 e. The lowest BCUT2D eigenvalue weighted by Gasteiger charge is -2.06. The number of hydrogen-bond acceptors (Lipinski definition) is 5. The third-order valence-electron chi connectivity index (χ3n) is 3.53. The van der Waals surface area contributed by atoms with Crippen LogP contribution in [0.15, 0.2) is 36.8 Å². The number of nitrogens with zero attached hydrogens (tertiary/aromatic N) is 4. The lowest BCUT2D eigenvalue weighted by Crippen LogP contribution is -2.21. The number of aryl methyl sites for hydroxylation is 1. The molecule has 0 atom stereocenters. The van der Waals surface area contributed by atoms with Crippen molar-refractivity contribution in [3.05, 3.63) is 42.4 Å². The molecule has 2 aromatic heterocycles. The maximum absolute atomic E-state index is 10.9. The first-order chi connectivity index (χ1) is 11.1. The lowest BCUT2D eigenvalue weighted by molar-refractivity contribution is -0.118. The van der Waals surface area contributed by atoms with Crippen molar-refractivity contribution in [2.45, 2.75) is 19.8 Å². The van der Waals surface area contributed by atoms with Crippen LogP contribution in [0.3, 0.4) is 0 Å². The fraction of sp³-hybridized carbons (Fsp3) is 0.250. The summed E-state index contributed by atoms with van der Waals surface area (Å²) in [7, 11) is 0. The number of amides is 1. The fourth-order valence-corrected chi connectivity index (χ4v) is 2.45. The Hall–Kier alpha value is -2.96. The Kier molecular flexibility index (Phi) is 4.18. The highest BCUT2D eigenvalue weighted by atomic mass is 16.1. The smallest absolute Gasteiger partial charge is 0.221 e. The SMILES string of the molecule is CC(=O)NCCCc1ccc2ncn(-c3ccnc(N)n3)c2c1. The normalized spacial score (nSPS) is 10.8. The third kappa shape index (κ3) is 3.45. The van der Waals surface area contributed by atoms with Crippen molar-refractivity contribution in [2.75, 3.05) is 12.3 Å². The van der Waals surface area contributed by atoms with Gasteiger partial charge >= 0.3 is 0 Å². The van der Waals surface area contributed by atoms with Gasteiger partial charge in [0.05, 0.1) is 11.0 Å². The molecule has 3 rings (SSSR count). The van der Waals surface area contributed by atoms with Gasteiger partial charge in [0.2, 0.25) is 11.9 Å². The molecule has 2 heterocycles. The third-order valence-corrected chi connectivity index (χ3v) is 3.53. The zero-order chi connectivity index (χ0) is 16.2. The summed E-state index contributed by atoms with van der Waals surface area (Å²) in [6, 6.07) is 7.93. The minimum atomic E-state index is -0.000112. The zero-order valence-electron chi connectivity index (χ0n) is 12.9. The van der Waals surface area contributed by atoms with Crippen molar-refractivity contribution in [1.29, 1.82) is 0 Å². The Morgan fingerprint density at radius 2 is 2.17 bits per heavy atom. The van der Waals surface area contributed by atoms with Gasteiger partial charge in [0.25, 0.3) is 0 Å². The molecule has 0 aliphatic heterocycles. The number of rotatable bonds is 5. The number of imidazole rings is 1. The standard InChI is InChI=1S/C16H18N6O/c1-11(23)18-7-2-3-12-4-5-13-14(9-12)22(10-20-13)15-6-8-19-16(17)21-15/h4-6,8-10H,2-3,7H2,1H3,(H,18,23)(H2,17,19,21). The van der Waals surface area contributed by atoms with E-state index in [0.717, 1.165) is 23.9 Å². The number of aromatic nitrogens is 4. The molecule has 0 aliphatic carbocycles. The van der Waals surface area contributed by atoms with Crippen molar-refractivity contribution >= 4 is 22.9 Å². The van der Waals surface area contributed by atoms with Gasteiger partial charge in [0.1, 0.15) is 12.1 Å². The molecule has 0 unspecified atom stereocenters. The van der Waals surface area contributed by atoms with E-state index in [1.165, 1.54) is 12.5 Å². The molecule has 0 fully saturated rings. The number of carbonyl (C=O) groups excluding carboxylic acids is 1. The average molecular weight is 310 g/mol. The molecule has 3 aromatic rings.